The summed E-state index contributed by atoms with van der Waals surface area (Å²) in [6.45, 7) is 14.5. The topological polar surface area (TPSA) is 41.8 Å². The average Bonchev–Trinajstić information content (AvgIpc) is 2.91. The summed E-state index contributed by atoms with van der Waals surface area (Å²) in [6, 6.07) is 4.19. The molecule has 1 aliphatic rings. The van der Waals surface area contributed by atoms with Gasteiger partial charge in [0.05, 0.1) is 12.6 Å². The quantitative estimate of drug-likeness (QED) is 0.829. The molecule has 128 valence electrons. The van der Waals surface area contributed by atoms with Gasteiger partial charge in [0.15, 0.2) is 0 Å². The fourth-order valence-electron chi connectivity index (χ4n) is 2.82. The van der Waals surface area contributed by atoms with Gasteiger partial charge in [-0.15, -0.1) is 0 Å². The molecule has 1 saturated heterocycles. The number of ether oxygens (including phenoxy) is 1. The molecule has 1 atom stereocenters. The van der Waals surface area contributed by atoms with E-state index < -0.39 is 0 Å². The van der Waals surface area contributed by atoms with Crippen LogP contribution in [0, 0.1) is 0 Å². The van der Waals surface area contributed by atoms with Gasteiger partial charge in [-0.3, -0.25) is 4.99 Å². The first-order valence-electron chi connectivity index (χ1n) is 8.58. The summed E-state index contributed by atoms with van der Waals surface area (Å²) in [7, 11) is 0. The van der Waals surface area contributed by atoms with Crippen LogP contribution in [0.15, 0.2) is 17.1 Å². The molecule has 1 aliphatic heterocycles. The molecule has 0 aliphatic carbocycles. The molecule has 1 fully saturated rings. The minimum absolute atomic E-state index is 0.0326. The highest BCUT2D eigenvalue weighted by atomic mass is 16.5. The molecule has 0 radical (unpaired) electrons. The lowest BCUT2D eigenvalue weighted by molar-refractivity contribution is 0.118. The Morgan fingerprint density at radius 1 is 1.17 bits per heavy atom. The van der Waals surface area contributed by atoms with Crippen molar-refractivity contribution in [2.45, 2.75) is 71.3 Å². The van der Waals surface area contributed by atoms with Crippen LogP contribution in [0.1, 0.15) is 71.1 Å². The van der Waals surface area contributed by atoms with E-state index in [4.69, 9.17) is 4.74 Å². The Kier molecular flexibility index (Phi) is 5.20. The molecule has 1 aromatic carbocycles. The third kappa shape index (κ3) is 4.57. The van der Waals surface area contributed by atoms with Crippen molar-refractivity contribution < 1.29 is 9.84 Å². The van der Waals surface area contributed by atoms with Gasteiger partial charge in [0.25, 0.3) is 0 Å². The van der Waals surface area contributed by atoms with E-state index in [1.165, 1.54) is 5.56 Å². The van der Waals surface area contributed by atoms with Crippen LogP contribution >= 0.6 is 0 Å². The summed E-state index contributed by atoms with van der Waals surface area (Å²) in [6.07, 6.45) is 4.25. The van der Waals surface area contributed by atoms with Crippen LogP contribution in [0.2, 0.25) is 0 Å². The molecule has 1 aromatic rings. The zero-order valence-electron chi connectivity index (χ0n) is 15.4. The van der Waals surface area contributed by atoms with Crippen LogP contribution in [-0.2, 0) is 15.6 Å². The Labute approximate surface area is 140 Å². The number of phenolic OH excluding ortho intramolecular Hbond substituents is 1. The standard InChI is InChI=1S/C20H31NO2/c1-19(2,3)15-10-14(12-21-13-16-8-7-9-23-16)18(22)17(11-15)20(4,5)6/h10-12,16,22H,7-9,13H2,1-6H3/b21-12+. The van der Waals surface area contributed by atoms with Crippen molar-refractivity contribution >= 4 is 6.21 Å². The van der Waals surface area contributed by atoms with Crippen molar-refractivity contribution in [1.29, 1.82) is 0 Å². The third-order valence-electron chi connectivity index (χ3n) is 4.38. The summed E-state index contributed by atoms with van der Waals surface area (Å²) in [4.78, 5) is 4.52. The van der Waals surface area contributed by atoms with E-state index >= 15 is 0 Å². The predicted octanol–water partition coefficient (Wildman–Crippen LogP) is 4.59. The zero-order chi connectivity index (χ0) is 17.3. The minimum atomic E-state index is -0.109. The molecular formula is C20H31NO2. The maximum atomic E-state index is 10.7. The fraction of sp³-hybridized carbons (Fsp3) is 0.650. The predicted molar refractivity (Wildman–Crippen MR) is 96.9 cm³/mol. The van der Waals surface area contributed by atoms with Crippen molar-refractivity contribution in [3.8, 4) is 5.75 Å². The number of benzene rings is 1. The number of hydrogen-bond donors (Lipinski definition) is 1. The van der Waals surface area contributed by atoms with Gasteiger partial charge in [0.1, 0.15) is 5.75 Å². The van der Waals surface area contributed by atoms with E-state index in [1.54, 1.807) is 0 Å². The highest BCUT2D eigenvalue weighted by molar-refractivity contribution is 5.85. The summed E-state index contributed by atoms with van der Waals surface area (Å²) in [5, 5.41) is 10.7. The number of hydrogen-bond acceptors (Lipinski definition) is 3. The second-order valence-corrected chi connectivity index (χ2v) is 8.59. The number of aromatic hydroxyl groups is 1. The van der Waals surface area contributed by atoms with Gasteiger partial charge in [0, 0.05) is 23.9 Å². The van der Waals surface area contributed by atoms with Crippen LogP contribution in [0.3, 0.4) is 0 Å². The summed E-state index contributed by atoms with van der Waals surface area (Å²) < 4.78 is 5.60. The Hall–Kier alpha value is -1.35. The first kappa shape index (κ1) is 18.0. The minimum Gasteiger partial charge on any atom is -0.507 e. The average molecular weight is 317 g/mol. The molecule has 0 aromatic heterocycles. The maximum Gasteiger partial charge on any atom is 0.128 e. The number of rotatable bonds is 3. The van der Waals surface area contributed by atoms with E-state index in [2.05, 4.69) is 58.7 Å². The Morgan fingerprint density at radius 2 is 1.87 bits per heavy atom. The summed E-state index contributed by atoms with van der Waals surface area (Å²) in [5.41, 5.74) is 2.93. The normalized spacial score (nSPS) is 19.7. The van der Waals surface area contributed by atoms with Gasteiger partial charge < -0.3 is 9.84 Å². The van der Waals surface area contributed by atoms with Crippen molar-refractivity contribution in [3.63, 3.8) is 0 Å². The van der Waals surface area contributed by atoms with E-state index in [-0.39, 0.29) is 16.9 Å². The summed E-state index contributed by atoms with van der Waals surface area (Å²) >= 11 is 0. The van der Waals surface area contributed by atoms with Gasteiger partial charge in [-0.2, -0.15) is 0 Å². The lowest BCUT2D eigenvalue weighted by Crippen LogP contribution is -2.17. The first-order valence-corrected chi connectivity index (χ1v) is 8.58. The molecule has 3 heteroatoms. The summed E-state index contributed by atoms with van der Waals surface area (Å²) in [5.74, 6) is 0.349. The van der Waals surface area contributed by atoms with Gasteiger partial charge in [0.2, 0.25) is 0 Å². The van der Waals surface area contributed by atoms with E-state index in [0.717, 1.165) is 30.6 Å². The Morgan fingerprint density at radius 3 is 2.39 bits per heavy atom. The van der Waals surface area contributed by atoms with Gasteiger partial charge in [-0.05, 0) is 35.3 Å². The lowest BCUT2D eigenvalue weighted by atomic mass is 9.79. The molecule has 23 heavy (non-hydrogen) atoms. The van der Waals surface area contributed by atoms with Crippen LogP contribution in [-0.4, -0.2) is 30.6 Å². The molecule has 2 rings (SSSR count). The number of nitrogens with zero attached hydrogens (tertiary/aromatic N) is 1. The SMILES string of the molecule is CC(C)(C)c1cc(/C=N/CC2CCCO2)c(O)c(C(C)(C)C)c1. The van der Waals surface area contributed by atoms with E-state index in [1.807, 2.05) is 6.21 Å². The third-order valence-corrected chi connectivity index (χ3v) is 4.38. The van der Waals surface area contributed by atoms with Crippen LogP contribution in [0.4, 0.5) is 0 Å². The number of aliphatic imine (C=N–C) groups is 1. The Balaban J connectivity index is 2.34. The smallest absolute Gasteiger partial charge is 0.128 e. The number of phenols is 1. The van der Waals surface area contributed by atoms with E-state index in [0.29, 0.717) is 12.3 Å². The molecule has 0 bridgehead atoms. The maximum absolute atomic E-state index is 10.7. The first-order chi connectivity index (χ1) is 10.6. The van der Waals surface area contributed by atoms with Gasteiger partial charge in [-0.25, -0.2) is 0 Å². The Bertz CT molecular complexity index is 571. The van der Waals surface area contributed by atoms with Crippen molar-refractivity contribution in [3.05, 3.63) is 28.8 Å². The van der Waals surface area contributed by atoms with Crippen molar-refractivity contribution in [1.82, 2.24) is 0 Å². The molecule has 0 saturated carbocycles. The van der Waals surface area contributed by atoms with Crippen molar-refractivity contribution in [2.24, 2.45) is 4.99 Å². The molecule has 1 unspecified atom stereocenters. The zero-order valence-corrected chi connectivity index (χ0v) is 15.4. The van der Waals surface area contributed by atoms with Crippen LogP contribution < -0.4 is 0 Å². The fourth-order valence-corrected chi connectivity index (χ4v) is 2.82. The molecule has 0 spiro atoms. The van der Waals surface area contributed by atoms with Crippen LogP contribution in [0.25, 0.3) is 0 Å². The van der Waals surface area contributed by atoms with Crippen molar-refractivity contribution in [2.75, 3.05) is 13.2 Å². The molecular weight excluding hydrogens is 286 g/mol. The van der Waals surface area contributed by atoms with E-state index in [9.17, 15) is 5.11 Å². The monoisotopic (exact) mass is 317 g/mol. The highest BCUT2D eigenvalue weighted by Gasteiger charge is 2.24. The second-order valence-electron chi connectivity index (χ2n) is 8.59. The molecule has 1 heterocycles. The lowest BCUT2D eigenvalue weighted by Gasteiger charge is -2.27. The van der Waals surface area contributed by atoms with Gasteiger partial charge in [-0.1, -0.05) is 47.6 Å². The van der Waals surface area contributed by atoms with Crippen LogP contribution in [0.5, 0.6) is 5.75 Å². The van der Waals surface area contributed by atoms with Gasteiger partial charge >= 0.3 is 0 Å². The highest BCUT2D eigenvalue weighted by Crippen LogP contribution is 2.37. The second kappa shape index (κ2) is 6.64. The molecule has 0 amide bonds. The molecule has 1 N–H and O–H groups in total. The largest absolute Gasteiger partial charge is 0.507 e. The molecule has 3 nitrogen and oxygen atoms in total.